The van der Waals surface area contributed by atoms with Crippen LogP contribution in [0.2, 0.25) is 0 Å². The molecule has 2 aromatic rings. The lowest BCUT2D eigenvalue weighted by Crippen LogP contribution is -2.31. The number of hydrogen-bond donors (Lipinski definition) is 1. The molecule has 0 fully saturated rings. The van der Waals surface area contributed by atoms with Crippen LogP contribution in [-0.4, -0.2) is 39.3 Å². The van der Waals surface area contributed by atoms with Crippen LogP contribution < -0.4 is 0 Å². The van der Waals surface area contributed by atoms with Crippen molar-refractivity contribution in [2.75, 3.05) is 6.61 Å². The molecule has 1 N–H and O–H groups in total. The van der Waals surface area contributed by atoms with Crippen molar-refractivity contribution in [2.24, 2.45) is 5.92 Å². The molecule has 1 aliphatic rings. The SMILES string of the molecule is CCOC(=O)c1ccc(CN2C(=O)C(O)=C(C(=O)C(C)C)C2c2ccccn2)cc1. The molecule has 7 heteroatoms. The third-order valence-corrected chi connectivity index (χ3v) is 4.88. The van der Waals surface area contributed by atoms with Gasteiger partial charge in [0, 0.05) is 18.7 Å². The summed E-state index contributed by atoms with van der Waals surface area (Å²) >= 11 is 0. The number of ether oxygens (including phenoxy) is 1. The normalized spacial score (nSPS) is 16.3. The molecule has 0 saturated heterocycles. The fraction of sp³-hybridized carbons (Fsp3) is 0.304. The van der Waals surface area contributed by atoms with Crippen molar-refractivity contribution in [3.8, 4) is 0 Å². The first-order chi connectivity index (χ1) is 14.3. The molecule has 3 rings (SSSR count). The quantitative estimate of drug-likeness (QED) is 0.706. The molecular weight excluding hydrogens is 384 g/mol. The fourth-order valence-electron chi connectivity index (χ4n) is 3.38. The first-order valence-corrected chi connectivity index (χ1v) is 9.80. The van der Waals surface area contributed by atoms with Gasteiger partial charge in [0.1, 0.15) is 6.04 Å². The number of aliphatic hydroxyl groups excluding tert-OH is 1. The molecule has 1 atom stereocenters. The molecule has 30 heavy (non-hydrogen) atoms. The highest BCUT2D eigenvalue weighted by atomic mass is 16.5. The van der Waals surface area contributed by atoms with E-state index >= 15 is 0 Å². The van der Waals surface area contributed by atoms with Crippen molar-refractivity contribution in [3.63, 3.8) is 0 Å². The Morgan fingerprint density at radius 2 is 1.87 bits per heavy atom. The summed E-state index contributed by atoms with van der Waals surface area (Å²) in [4.78, 5) is 43.2. The van der Waals surface area contributed by atoms with Gasteiger partial charge in [-0.1, -0.05) is 32.0 Å². The molecular formula is C23H24N2O5. The summed E-state index contributed by atoms with van der Waals surface area (Å²) in [5.74, 6) is -2.25. The Bertz CT molecular complexity index is 980. The van der Waals surface area contributed by atoms with Gasteiger partial charge < -0.3 is 14.7 Å². The molecule has 2 heterocycles. The molecule has 1 amide bonds. The highest BCUT2D eigenvalue weighted by Gasteiger charge is 2.44. The van der Waals surface area contributed by atoms with Gasteiger partial charge >= 0.3 is 5.97 Å². The van der Waals surface area contributed by atoms with Crippen LogP contribution in [0, 0.1) is 5.92 Å². The summed E-state index contributed by atoms with van der Waals surface area (Å²) in [6.45, 7) is 5.60. The van der Waals surface area contributed by atoms with Gasteiger partial charge in [-0.25, -0.2) is 4.79 Å². The molecule has 1 unspecified atom stereocenters. The third kappa shape index (κ3) is 4.10. The van der Waals surface area contributed by atoms with E-state index in [0.29, 0.717) is 11.3 Å². The zero-order valence-electron chi connectivity index (χ0n) is 17.2. The largest absolute Gasteiger partial charge is 0.503 e. The van der Waals surface area contributed by atoms with Crippen LogP contribution >= 0.6 is 0 Å². The molecule has 0 radical (unpaired) electrons. The Balaban J connectivity index is 1.94. The van der Waals surface area contributed by atoms with Crippen LogP contribution in [0.5, 0.6) is 0 Å². The first-order valence-electron chi connectivity index (χ1n) is 9.80. The lowest BCUT2D eigenvalue weighted by atomic mass is 9.93. The van der Waals surface area contributed by atoms with Gasteiger partial charge in [0.2, 0.25) is 0 Å². The van der Waals surface area contributed by atoms with Gasteiger partial charge in [0.15, 0.2) is 11.5 Å². The first kappa shape index (κ1) is 21.2. The minimum atomic E-state index is -0.779. The Kier molecular flexibility index (Phi) is 6.30. The maximum Gasteiger partial charge on any atom is 0.338 e. The number of aromatic nitrogens is 1. The second-order valence-electron chi connectivity index (χ2n) is 7.29. The summed E-state index contributed by atoms with van der Waals surface area (Å²) in [5.41, 5.74) is 1.72. The minimum absolute atomic E-state index is 0.0665. The van der Waals surface area contributed by atoms with E-state index in [1.54, 1.807) is 69.4 Å². The number of aliphatic hydroxyl groups is 1. The van der Waals surface area contributed by atoms with Gasteiger partial charge in [-0.2, -0.15) is 0 Å². The molecule has 156 valence electrons. The van der Waals surface area contributed by atoms with Crippen LogP contribution in [0.15, 0.2) is 60.0 Å². The second-order valence-corrected chi connectivity index (χ2v) is 7.29. The number of esters is 1. The summed E-state index contributed by atoms with van der Waals surface area (Å²) in [7, 11) is 0. The minimum Gasteiger partial charge on any atom is -0.503 e. The number of amides is 1. The van der Waals surface area contributed by atoms with Gasteiger partial charge in [0.25, 0.3) is 5.91 Å². The lowest BCUT2D eigenvalue weighted by molar-refractivity contribution is -0.130. The van der Waals surface area contributed by atoms with E-state index in [-0.39, 0.29) is 30.4 Å². The van der Waals surface area contributed by atoms with E-state index in [2.05, 4.69) is 4.98 Å². The number of carbonyl (C=O) groups is 3. The molecule has 1 aromatic carbocycles. The Morgan fingerprint density at radius 3 is 2.43 bits per heavy atom. The second kappa shape index (κ2) is 8.90. The highest BCUT2D eigenvalue weighted by molar-refractivity contribution is 6.09. The molecule has 0 saturated carbocycles. The van der Waals surface area contributed by atoms with Gasteiger partial charge in [-0.3, -0.25) is 14.6 Å². The molecule has 0 spiro atoms. The topological polar surface area (TPSA) is 96.8 Å². The van der Waals surface area contributed by atoms with Crippen LogP contribution in [-0.2, 0) is 20.9 Å². The summed E-state index contributed by atoms with van der Waals surface area (Å²) < 4.78 is 4.98. The van der Waals surface area contributed by atoms with Gasteiger partial charge in [0.05, 0.1) is 23.4 Å². The fourth-order valence-corrected chi connectivity index (χ4v) is 3.38. The third-order valence-electron chi connectivity index (χ3n) is 4.88. The van der Waals surface area contributed by atoms with Crippen molar-refractivity contribution >= 4 is 17.7 Å². The molecule has 7 nitrogen and oxygen atoms in total. The summed E-state index contributed by atoms with van der Waals surface area (Å²) in [6, 6.07) is 11.1. The Morgan fingerprint density at radius 1 is 1.17 bits per heavy atom. The molecule has 1 aliphatic heterocycles. The maximum atomic E-state index is 12.9. The smallest absolute Gasteiger partial charge is 0.338 e. The van der Waals surface area contributed by atoms with Crippen LogP contribution in [0.4, 0.5) is 0 Å². The number of carbonyl (C=O) groups excluding carboxylic acids is 3. The average Bonchev–Trinajstić information content (AvgIpc) is 2.99. The molecule has 1 aromatic heterocycles. The number of pyridine rings is 1. The van der Waals surface area contributed by atoms with Crippen molar-refractivity contribution < 1.29 is 24.2 Å². The maximum absolute atomic E-state index is 12.9. The van der Waals surface area contributed by atoms with E-state index in [1.807, 2.05) is 0 Å². The van der Waals surface area contributed by atoms with Crippen molar-refractivity contribution in [2.45, 2.75) is 33.4 Å². The Hall–Kier alpha value is -3.48. The van der Waals surface area contributed by atoms with Crippen molar-refractivity contribution in [1.82, 2.24) is 9.88 Å². The number of nitrogens with zero attached hydrogens (tertiary/aromatic N) is 2. The van der Waals surface area contributed by atoms with E-state index in [0.717, 1.165) is 5.56 Å². The summed E-state index contributed by atoms with van der Waals surface area (Å²) in [6.07, 6.45) is 1.58. The lowest BCUT2D eigenvalue weighted by Gasteiger charge is -2.26. The van der Waals surface area contributed by atoms with Crippen LogP contribution in [0.1, 0.15) is 48.4 Å². The summed E-state index contributed by atoms with van der Waals surface area (Å²) in [5, 5.41) is 10.5. The Labute approximate surface area is 175 Å². The number of Topliss-reactive ketones (excluding diaryl/α,β-unsaturated/α-hetero) is 1. The van der Waals surface area contributed by atoms with E-state index in [9.17, 15) is 19.5 Å². The predicted molar refractivity (Wildman–Crippen MR) is 109 cm³/mol. The highest BCUT2D eigenvalue weighted by Crippen LogP contribution is 2.38. The predicted octanol–water partition coefficient (Wildman–Crippen LogP) is 3.38. The number of hydrogen-bond acceptors (Lipinski definition) is 6. The van der Waals surface area contributed by atoms with Crippen LogP contribution in [0.3, 0.4) is 0 Å². The monoisotopic (exact) mass is 408 g/mol. The number of rotatable bonds is 7. The van der Waals surface area contributed by atoms with Crippen molar-refractivity contribution in [3.05, 3.63) is 76.8 Å². The number of ketones is 1. The van der Waals surface area contributed by atoms with Gasteiger partial charge in [-0.05, 0) is 36.8 Å². The van der Waals surface area contributed by atoms with Crippen LogP contribution in [0.25, 0.3) is 0 Å². The molecule has 0 bridgehead atoms. The van der Waals surface area contributed by atoms with E-state index in [4.69, 9.17) is 4.74 Å². The zero-order valence-corrected chi connectivity index (χ0v) is 17.2. The molecule has 0 aliphatic carbocycles. The van der Waals surface area contributed by atoms with E-state index < -0.39 is 23.7 Å². The standard InChI is InChI=1S/C23H24N2O5/c1-4-30-23(29)16-10-8-15(9-11-16)13-25-19(17-7-5-6-12-24-17)18(20(26)14(2)3)21(27)22(25)28/h5-12,14,19,27H,4,13H2,1-3H3. The van der Waals surface area contributed by atoms with Crippen molar-refractivity contribution in [1.29, 1.82) is 0 Å². The number of benzene rings is 1. The van der Waals surface area contributed by atoms with E-state index in [1.165, 1.54) is 4.90 Å². The average molecular weight is 408 g/mol. The zero-order chi connectivity index (χ0) is 21.8. The van der Waals surface area contributed by atoms with Gasteiger partial charge in [-0.15, -0.1) is 0 Å².